The van der Waals surface area contributed by atoms with E-state index >= 15 is 0 Å². The molecular formula is C14H17N5O. The van der Waals surface area contributed by atoms with Gasteiger partial charge in [-0.05, 0) is 18.2 Å². The van der Waals surface area contributed by atoms with E-state index in [-0.39, 0.29) is 17.3 Å². The molecule has 0 aliphatic carbocycles. The van der Waals surface area contributed by atoms with Crippen molar-refractivity contribution in [2.75, 3.05) is 11.1 Å². The van der Waals surface area contributed by atoms with E-state index in [1.807, 2.05) is 20.8 Å². The third-order valence-corrected chi connectivity index (χ3v) is 2.67. The molecule has 2 rings (SSSR count). The summed E-state index contributed by atoms with van der Waals surface area (Å²) in [5.41, 5.74) is 6.78. The number of aromatic nitrogens is 3. The fraction of sp³-hybridized carbons (Fsp3) is 0.286. The molecule has 0 aliphatic rings. The summed E-state index contributed by atoms with van der Waals surface area (Å²) >= 11 is 0. The zero-order valence-electron chi connectivity index (χ0n) is 11.7. The molecule has 6 nitrogen and oxygen atoms in total. The Balaban J connectivity index is 2.29. The fourth-order valence-corrected chi connectivity index (χ4v) is 1.60. The molecule has 0 atom stereocenters. The molecule has 1 amide bonds. The molecular weight excluding hydrogens is 254 g/mol. The predicted molar refractivity (Wildman–Crippen MR) is 77.3 cm³/mol. The van der Waals surface area contributed by atoms with Gasteiger partial charge in [-0.2, -0.15) is 0 Å². The van der Waals surface area contributed by atoms with Gasteiger partial charge in [-0.3, -0.25) is 10.1 Å². The van der Waals surface area contributed by atoms with Crippen LogP contribution >= 0.6 is 0 Å². The van der Waals surface area contributed by atoms with Crippen LogP contribution in [0.2, 0.25) is 0 Å². The van der Waals surface area contributed by atoms with Crippen LogP contribution in [-0.4, -0.2) is 20.9 Å². The van der Waals surface area contributed by atoms with Gasteiger partial charge in [0.2, 0.25) is 5.95 Å². The third kappa shape index (κ3) is 3.28. The van der Waals surface area contributed by atoms with E-state index in [1.54, 1.807) is 24.5 Å². The molecule has 0 bridgehead atoms. The summed E-state index contributed by atoms with van der Waals surface area (Å²) in [5.74, 6) is 0.262. The Morgan fingerprint density at radius 3 is 2.45 bits per heavy atom. The van der Waals surface area contributed by atoms with Crippen molar-refractivity contribution in [3.8, 4) is 0 Å². The summed E-state index contributed by atoms with van der Waals surface area (Å²) in [6, 6.07) is 4.94. The van der Waals surface area contributed by atoms with Crippen LogP contribution in [0.4, 0.5) is 11.8 Å². The normalized spacial score (nSPS) is 11.2. The van der Waals surface area contributed by atoms with Crippen LogP contribution in [0.1, 0.15) is 36.8 Å². The standard InChI is InChI=1S/C14H17N5O/c1-14(2,3)10-7-9(8-11(15)18-10)12(20)19-13-16-5-4-6-17-13/h4-8H,1-3H3,(H2,15,18)(H,16,17,19,20). The van der Waals surface area contributed by atoms with Gasteiger partial charge in [0, 0.05) is 29.1 Å². The molecule has 0 saturated heterocycles. The van der Waals surface area contributed by atoms with E-state index < -0.39 is 0 Å². The van der Waals surface area contributed by atoms with Crippen molar-refractivity contribution in [2.24, 2.45) is 0 Å². The van der Waals surface area contributed by atoms with Gasteiger partial charge >= 0.3 is 0 Å². The van der Waals surface area contributed by atoms with Gasteiger partial charge in [0.25, 0.3) is 5.91 Å². The molecule has 104 valence electrons. The second-order valence-corrected chi connectivity index (χ2v) is 5.44. The van der Waals surface area contributed by atoms with Gasteiger partial charge in [-0.15, -0.1) is 0 Å². The Hall–Kier alpha value is -2.50. The van der Waals surface area contributed by atoms with Crippen molar-refractivity contribution in [3.05, 3.63) is 41.9 Å². The molecule has 2 aromatic rings. The van der Waals surface area contributed by atoms with Crippen molar-refractivity contribution in [3.63, 3.8) is 0 Å². The zero-order valence-corrected chi connectivity index (χ0v) is 11.7. The Kier molecular flexibility index (Phi) is 3.65. The maximum atomic E-state index is 12.2. The van der Waals surface area contributed by atoms with Crippen molar-refractivity contribution in [1.29, 1.82) is 0 Å². The summed E-state index contributed by atoms with van der Waals surface area (Å²) in [6.45, 7) is 6.03. The lowest BCUT2D eigenvalue weighted by atomic mass is 9.90. The number of anilines is 2. The van der Waals surface area contributed by atoms with Crippen LogP contribution in [0.15, 0.2) is 30.6 Å². The molecule has 0 saturated carbocycles. The van der Waals surface area contributed by atoms with Gasteiger partial charge in [-0.25, -0.2) is 15.0 Å². The number of carbonyl (C=O) groups is 1. The number of nitrogens with one attached hydrogen (secondary N) is 1. The molecule has 20 heavy (non-hydrogen) atoms. The quantitative estimate of drug-likeness (QED) is 0.871. The summed E-state index contributed by atoms with van der Waals surface area (Å²) < 4.78 is 0. The highest BCUT2D eigenvalue weighted by molar-refractivity contribution is 6.03. The van der Waals surface area contributed by atoms with Crippen LogP contribution in [0, 0.1) is 0 Å². The van der Waals surface area contributed by atoms with E-state index in [0.717, 1.165) is 5.69 Å². The highest BCUT2D eigenvalue weighted by Crippen LogP contribution is 2.22. The summed E-state index contributed by atoms with van der Waals surface area (Å²) in [6.07, 6.45) is 3.12. The molecule has 0 spiro atoms. The monoisotopic (exact) mass is 271 g/mol. The van der Waals surface area contributed by atoms with Gasteiger partial charge in [-0.1, -0.05) is 20.8 Å². The summed E-state index contributed by atoms with van der Waals surface area (Å²) in [5, 5.41) is 2.62. The number of rotatable bonds is 2. The molecule has 0 radical (unpaired) electrons. The smallest absolute Gasteiger partial charge is 0.258 e. The van der Waals surface area contributed by atoms with Crippen molar-refractivity contribution >= 4 is 17.7 Å². The Labute approximate surface area is 117 Å². The maximum absolute atomic E-state index is 12.2. The summed E-state index contributed by atoms with van der Waals surface area (Å²) in [4.78, 5) is 24.3. The molecule has 3 N–H and O–H groups in total. The van der Waals surface area contributed by atoms with Gasteiger partial charge in [0.15, 0.2) is 0 Å². The number of pyridine rings is 1. The first-order valence-corrected chi connectivity index (χ1v) is 6.22. The first-order valence-electron chi connectivity index (χ1n) is 6.22. The van der Waals surface area contributed by atoms with Crippen LogP contribution in [0.3, 0.4) is 0 Å². The van der Waals surface area contributed by atoms with E-state index in [0.29, 0.717) is 11.4 Å². The number of carbonyl (C=O) groups excluding carboxylic acids is 1. The number of amides is 1. The van der Waals surface area contributed by atoms with Crippen molar-refractivity contribution in [2.45, 2.75) is 26.2 Å². The number of nitrogens with two attached hydrogens (primary N) is 1. The zero-order chi connectivity index (χ0) is 14.8. The first-order chi connectivity index (χ1) is 9.36. The molecule has 0 aliphatic heterocycles. The van der Waals surface area contributed by atoms with Crippen molar-refractivity contribution < 1.29 is 4.79 Å². The predicted octanol–water partition coefficient (Wildman–Crippen LogP) is 2.00. The second-order valence-electron chi connectivity index (χ2n) is 5.44. The number of hydrogen-bond donors (Lipinski definition) is 2. The van der Waals surface area contributed by atoms with Gasteiger partial charge < -0.3 is 5.73 Å². The van der Waals surface area contributed by atoms with Gasteiger partial charge in [0.1, 0.15) is 5.82 Å². The molecule has 0 fully saturated rings. The maximum Gasteiger partial charge on any atom is 0.258 e. The molecule has 2 aromatic heterocycles. The van der Waals surface area contributed by atoms with Crippen LogP contribution in [-0.2, 0) is 5.41 Å². The highest BCUT2D eigenvalue weighted by atomic mass is 16.1. The first kappa shape index (κ1) is 13.9. The van der Waals surface area contributed by atoms with Crippen molar-refractivity contribution in [1.82, 2.24) is 15.0 Å². The Morgan fingerprint density at radius 1 is 1.20 bits per heavy atom. The largest absolute Gasteiger partial charge is 0.384 e. The average Bonchev–Trinajstić information content (AvgIpc) is 2.38. The second kappa shape index (κ2) is 5.24. The Bertz CT molecular complexity index is 619. The van der Waals surface area contributed by atoms with Gasteiger partial charge in [0.05, 0.1) is 0 Å². The lowest BCUT2D eigenvalue weighted by Crippen LogP contribution is -2.19. The van der Waals surface area contributed by atoms with E-state index in [9.17, 15) is 4.79 Å². The SMILES string of the molecule is CC(C)(C)c1cc(C(=O)Nc2ncccn2)cc(N)n1. The van der Waals surface area contributed by atoms with Crippen LogP contribution in [0.5, 0.6) is 0 Å². The van der Waals surface area contributed by atoms with Crippen LogP contribution < -0.4 is 11.1 Å². The van der Waals surface area contributed by atoms with E-state index in [1.165, 1.54) is 6.07 Å². The minimum atomic E-state index is -0.309. The van der Waals surface area contributed by atoms with E-state index in [4.69, 9.17) is 5.73 Å². The minimum Gasteiger partial charge on any atom is -0.384 e. The lowest BCUT2D eigenvalue weighted by molar-refractivity contribution is 0.102. The third-order valence-electron chi connectivity index (χ3n) is 2.67. The fourth-order valence-electron chi connectivity index (χ4n) is 1.60. The Morgan fingerprint density at radius 2 is 1.85 bits per heavy atom. The molecule has 0 aromatic carbocycles. The molecule has 0 unspecified atom stereocenters. The average molecular weight is 271 g/mol. The minimum absolute atomic E-state index is 0.187. The topological polar surface area (TPSA) is 93.8 Å². The molecule has 6 heteroatoms. The lowest BCUT2D eigenvalue weighted by Gasteiger charge is -2.18. The summed E-state index contributed by atoms with van der Waals surface area (Å²) in [7, 11) is 0. The number of nitrogens with zero attached hydrogens (tertiary/aromatic N) is 3. The highest BCUT2D eigenvalue weighted by Gasteiger charge is 2.19. The number of hydrogen-bond acceptors (Lipinski definition) is 5. The molecule has 2 heterocycles. The number of nitrogen functional groups attached to an aromatic ring is 1. The van der Waals surface area contributed by atoms with Crippen LogP contribution in [0.25, 0.3) is 0 Å². The van der Waals surface area contributed by atoms with E-state index in [2.05, 4.69) is 20.3 Å².